The van der Waals surface area contributed by atoms with E-state index < -0.39 is 9.84 Å². The summed E-state index contributed by atoms with van der Waals surface area (Å²) < 4.78 is 21.3. The largest absolute Gasteiger partial charge is 0.220 e. The Morgan fingerprint density at radius 3 is 1.56 bits per heavy atom. The quantitative estimate of drug-likeness (QED) is 0.591. The number of rotatable bonds is 2. The predicted octanol–water partition coefficient (Wildman–Crippen LogP) is 1.47. The van der Waals surface area contributed by atoms with E-state index in [0.717, 1.165) is 10.8 Å². The molecular weight excluding hydrogens is 136 g/mol. The van der Waals surface area contributed by atoms with Crippen molar-refractivity contribution < 1.29 is 8.42 Å². The van der Waals surface area contributed by atoms with Crippen LogP contribution < -0.4 is 0 Å². The third-order valence-electron chi connectivity index (χ3n) is 0.652. The van der Waals surface area contributed by atoms with Gasteiger partial charge in [-0.25, -0.2) is 8.42 Å². The van der Waals surface area contributed by atoms with Crippen molar-refractivity contribution in [1.82, 2.24) is 0 Å². The average molecular weight is 146 g/mol. The lowest BCUT2D eigenvalue weighted by molar-refractivity contribution is 0.612. The maximum absolute atomic E-state index is 10.7. The number of sulfone groups is 1. The van der Waals surface area contributed by atoms with Gasteiger partial charge in [-0.15, -0.1) is 0 Å². The van der Waals surface area contributed by atoms with Gasteiger partial charge in [-0.05, 0) is 13.8 Å². The fourth-order valence-electron chi connectivity index (χ4n) is 0.425. The lowest BCUT2D eigenvalue weighted by Crippen LogP contribution is -1.85. The molecule has 0 unspecified atom stereocenters. The molecule has 0 aliphatic heterocycles. The van der Waals surface area contributed by atoms with Crippen LogP contribution in [0.1, 0.15) is 13.8 Å². The molecule has 0 saturated carbocycles. The second kappa shape index (κ2) is 3.45. The number of allylic oxidation sites excluding steroid dienone is 2. The summed E-state index contributed by atoms with van der Waals surface area (Å²) in [5, 5.41) is 2.32. The molecule has 9 heavy (non-hydrogen) atoms. The SMILES string of the molecule is C/C=C\S(=O)(=O)/C=C/C. The van der Waals surface area contributed by atoms with Crippen LogP contribution >= 0.6 is 0 Å². The highest BCUT2D eigenvalue weighted by atomic mass is 32.2. The highest BCUT2D eigenvalue weighted by Gasteiger charge is 1.94. The van der Waals surface area contributed by atoms with Crippen LogP contribution in [0.3, 0.4) is 0 Å². The van der Waals surface area contributed by atoms with Gasteiger partial charge in [-0.3, -0.25) is 0 Å². The van der Waals surface area contributed by atoms with E-state index in [1.54, 1.807) is 13.8 Å². The first-order valence-corrected chi connectivity index (χ1v) is 4.24. The zero-order valence-corrected chi connectivity index (χ0v) is 6.35. The fourth-order valence-corrected chi connectivity index (χ4v) is 1.27. The highest BCUT2D eigenvalue weighted by Crippen LogP contribution is 1.93. The van der Waals surface area contributed by atoms with Gasteiger partial charge in [0.2, 0.25) is 0 Å². The van der Waals surface area contributed by atoms with Crippen molar-refractivity contribution in [1.29, 1.82) is 0 Å². The molecule has 0 bridgehead atoms. The van der Waals surface area contributed by atoms with Crippen LogP contribution in [-0.2, 0) is 9.84 Å². The second-order valence-corrected chi connectivity index (χ2v) is 3.25. The lowest BCUT2D eigenvalue weighted by atomic mass is 10.8. The van der Waals surface area contributed by atoms with Crippen LogP contribution in [0.25, 0.3) is 0 Å². The van der Waals surface area contributed by atoms with Gasteiger partial charge in [0.1, 0.15) is 0 Å². The van der Waals surface area contributed by atoms with Gasteiger partial charge >= 0.3 is 0 Å². The Kier molecular flexibility index (Phi) is 3.24. The smallest absolute Gasteiger partial charge is 0.192 e. The molecule has 0 aliphatic rings. The molecule has 3 heteroatoms. The molecule has 52 valence electrons. The molecule has 0 N–H and O–H groups in total. The number of hydrogen-bond donors (Lipinski definition) is 0. The Bertz CT molecular complexity index is 191. The molecule has 0 atom stereocenters. The van der Waals surface area contributed by atoms with Gasteiger partial charge in [-0.2, -0.15) is 0 Å². The average Bonchev–Trinajstić information content (AvgIpc) is 1.64. The highest BCUT2D eigenvalue weighted by molar-refractivity contribution is 7.97. The van der Waals surface area contributed by atoms with Gasteiger partial charge in [0.05, 0.1) is 0 Å². The standard InChI is InChI=1S/C6H10O2S/c1-3-5-9(7,8)6-4-2/h3-6H,1-2H3/b5-3-,6-4+. The summed E-state index contributed by atoms with van der Waals surface area (Å²) >= 11 is 0. The topological polar surface area (TPSA) is 34.1 Å². The molecule has 0 radical (unpaired) electrons. The van der Waals surface area contributed by atoms with Gasteiger partial charge in [0, 0.05) is 10.8 Å². The third-order valence-corrected chi connectivity index (χ3v) is 1.95. The molecule has 0 spiro atoms. The van der Waals surface area contributed by atoms with Crippen molar-refractivity contribution in [3.05, 3.63) is 23.0 Å². The van der Waals surface area contributed by atoms with Crippen molar-refractivity contribution in [3.63, 3.8) is 0 Å². The molecule has 0 rings (SSSR count). The lowest BCUT2D eigenvalue weighted by Gasteiger charge is -1.82. The van der Waals surface area contributed by atoms with Crippen molar-refractivity contribution in [2.45, 2.75) is 13.8 Å². The van der Waals surface area contributed by atoms with Crippen molar-refractivity contribution in [3.8, 4) is 0 Å². The van der Waals surface area contributed by atoms with Crippen molar-refractivity contribution >= 4 is 9.84 Å². The first-order valence-electron chi connectivity index (χ1n) is 2.63. The van der Waals surface area contributed by atoms with Gasteiger partial charge in [0.25, 0.3) is 0 Å². The number of hydrogen-bond acceptors (Lipinski definition) is 2. The maximum atomic E-state index is 10.7. The maximum Gasteiger partial charge on any atom is 0.192 e. The first kappa shape index (κ1) is 8.43. The summed E-state index contributed by atoms with van der Waals surface area (Å²) in [4.78, 5) is 0. The molecule has 0 fully saturated rings. The van der Waals surface area contributed by atoms with Crippen molar-refractivity contribution in [2.75, 3.05) is 0 Å². The minimum atomic E-state index is -3.04. The van der Waals surface area contributed by atoms with Crippen LogP contribution in [0.15, 0.2) is 23.0 Å². The normalized spacial score (nSPS) is 13.6. The minimum Gasteiger partial charge on any atom is -0.220 e. The van der Waals surface area contributed by atoms with Crippen LogP contribution in [0, 0.1) is 0 Å². The Morgan fingerprint density at radius 2 is 1.33 bits per heavy atom. The molecule has 0 amide bonds. The van der Waals surface area contributed by atoms with E-state index in [1.807, 2.05) is 0 Å². The predicted molar refractivity (Wildman–Crippen MR) is 38.5 cm³/mol. The summed E-state index contributed by atoms with van der Waals surface area (Å²) in [5.74, 6) is 0. The van der Waals surface area contributed by atoms with E-state index >= 15 is 0 Å². The molecule has 0 saturated heterocycles. The summed E-state index contributed by atoms with van der Waals surface area (Å²) in [6.45, 7) is 3.34. The zero-order valence-electron chi connectivity index (χ0n) is 5.53. The van der Waals surface area contributed by atoms with Crippen LogP contribution in [-0.4, -0.2) is 8.42 Å². The summed E-state index contributed by atoms with van der Waals surface area (Å²) in [7, 11) is -3.04. The Morgan fingerprint density at radius 1 is 1.00 bits per heavy atom. The minimum absolute atomic E-state index is 1.16. The molecule has 0 aromatic rings. The summed E-state index contributed by atoms with van der Waals surface area (Å²) in [6, 6.07) is 0. The van der Waals surface area contributed by atoms with E-state index in [0.29, 0.717) is 0 Å². The van der Waals surface area contributed by atoms with Crippen LogP contribution in [0.4, 0.5) is 0 Å². The van der Waals surface area contributed by atoms with Gasteiger partial charge in [0.15, 0.2) is 9.84 Å². The van der Waals surface area contributed by atoms with E-state index in [4.69, 9.17) is 0 Å². The zero-order chi connectivity index (χ0) is 7.33. The van der Waals surface area contributed by atoms with E-state index in [1.165, 1.54) is 12.2 Å². The Balaban J connectivity index is 4.42. The van der Waals surface area contributed by atoms with E-state index in [9.17, 15) is 8.42 Å². The molecule has 2 nitrogen and oxygen atoms in total. The monoisotopic (exact) mass is 146 g/mol. The molecule has 0 heterocycles. The van der Waals surface area contributed by atoms with Gasteiger partial charge in [-0.1, -0.05) is 12.2 Å². The van der Waals surface area contributed by atoms with E-state index in [2.05, 4.69) is 0 Å². The first-order chi connectivity index (χ1) is 4.12. The van der Waals surface area contributed by atoms with Gasteiger partial charge < -0.3 is 0 Å². The third kappa shape index (κ3) is 3.97. The molecular formula is C6H10O2S. The second-order valence-electron chi connectivity index (χ2n) is 1.53. The van der Waals surface area contributed by atoms with Crippen LogP contribution in [0.5, 0.6) is 0 Å². The summed E-state index contributed by atoms with van der Waals surface area (Å²) in [5.41, 5.74) is 0. The van der Waals surface area contributed by atoms with Crippen molar-refractivity contribution in [2.24, 2.45) is 0 Å². The molecule has 0 aromatic heterocycles. The summed E-state index contributed by atoms with van der Waals surface area (Å²) in [6.07, 6.45) is 2.99. The molecule has 0 aliphatic carbocycles. The van der Waals surface area contributed by atoms with E-state index in [-0.39, 0.29) is 0 Å². The fraction of sp³-hybridized carbons (Fsp3) is 0.333. The Hall–Kier alpha value is -0.570. The van der Waals surface area contributed by atoms with Crippen LogP contribution in [0.2, 0.25) is 0 Å². The molecule has 0 aromatic carbocycles. The Labute approximate surface area is 55.8 Å².